The second kappa shape index (κ2) is 7.96. The first-order chi connectivity index (χ1) is 12.2. The van der Waals surface area contributed by atoms with E-state index in [1.54, 1.807) is 18.2 Å². The maximum atomic E-state index is 13.6. The summed E-state index contributed by atoms with van der Waals surface area (Å²) in [6.45, 7) is 1.76. The first-order valence-corrected chi connectivity index (χ1v) is 8.10. The average Bonchev–Trinajstić information content (AvgIpc) is 2.91. The molecule has 0 bridgehead atoms. The number of aliphatic hydroxyl groups is 1. The minimum Gasteiger partial charge on any atom is -0.468 e. The number of halogens is 3. The Balaban J connectivity index is 2.46. The number of carbonyl (C=O) groups is 1. The molecule has 1 aliphatic carbocycles. The molecule has 0 saturated carbocycles. The molecule has 10 heteroatoms. The molecule has 0 amide bonds. The van der Waals surface area contributed by atoms with Gasteiger partial charge in [-0.1, -0.05) is 24.8 Å². The van der Waals surface area contributed by atoms with Crippen LogP contribution in [0.5, 0.6) is 0 Å². The smallest absolute Gasteiger partial charge is 0.346 e. The van der Waals surface area contributed by atoms with Crippen molar-refractivity contribution >= 4 is 23.1 Å². The van der Waals surface area contributed by atoms with E-state index >= 15 is 0 Å². The summed E-state index contributed by atoms with van der Waals surface area (Å²) in [5.74, 6) is -4.29. The summed E-state index contributed by atoms with van der Waals surface area (Å²) in [4.78, 5) is 23.9. The van der Waals surface area contributed by atoms with Gasteiger partial charge in [0.2, 0.25) is 0 Å². The largest absolute Gasteiger partial charge is 0.468 e. The van der Waals surface area contributed by atoms with E-state index in [4.69, 9.17) is 11.6 Å². The molecule has 0 aromatic carbocycles. The Morgan fingerprint density at radius 2 is 2.35 bits per heavy atom. The molecule has 1 heterocycles. The molecule has 7 nitrogen and oxygen atoms in total. The van der Waals surface area contributed by atoms with Gasteiger partial charge in [-0.3, -0.25) is 9.36 Å². The highest BCUT2D eigenvalue weighted by Crippen LogP contribution is 2.24. The second-order valence-corrected chi connectivity index (χ2v) is 6.18. The van der Waals surface area contributed by atoms with E-state index in [0.717, 1.165) is 16.4 Å². The number of hydrogen-bond donors (Lipinski definition) is 1. The molecule has 0 aliphatic heterocycles. The van der Waals surface area contributed by atoms with Crippen LogP contribution < -0.4 is 5.69 Å². The van der Waals surface area contributed by atoms with Crippen molar-refractivity contribution in [2.75, 3.05) is 7.11 Å². The summed E-state index contributed by atoms with van der Waals surface area (Å²) in [5.41, 5.74) is -0.358. The van der Waals surface area contributed by atoms with E-state index in [-0.39, 0.29) is 11.2 Å². The summed E-state index contributed by atoms with van der Waals surface area (Å²) in [6, 6.07) is 0. The number of alkyl halides is 3. The van der Waals surface area contributed by atoms with Crippen LogP contribution in [0.2, 0.25) is 0 Å². The monoisotopic (exact) mass is 389 g/mol. The van der Waals surface area contributed by atoms with E-state index in [1.807, 2.05) is 0 Å². The van der Waals surface area contributed by atoms with Gasteiger partial charge in [-0.25, -0.2) is 9.48 Å². The topological polar surface area (TPSA) is 86.3 Å². The summed E-state index contributed by atoms with van der Waals surface area (Å²) in [7, 11) is 1.15. The normalized spacial score (nSPS) is 18.3. The Labute approximate surface area is 152 Å². The summed E-state index contributed by atoms with van der Waals surface area (Å²) < 4.78 is 33.4. The molecule has 2 atom stereocenters. The van der Waals surface area contributed by atoms with Gasteiger partial charge >= 0.3 is 11.7 Å². The fourth-order valence-corrected chi connectivity index (χ4v) is 2.46. The van der Waals surface area contributed by atoms with Gasteiger partial charge < -0.3 is 9.84 Å². The van der Waals surface area contributed by atoms with Gasteiger partial charge in [-0.15, -0.1) is 16.7 Å². The molecule has 1 aliphatic rings. The third-order valence-electron chi connectivity index (χ3n) is 3.81. The van der Waals surface area contributed by atoms with Crippen molar-refractivity contribution in [1.82, 2.24) is 14.3 Å². The van der Waals surface area contributed by atoms with Crippen molar-refractivity contribution in [2.24, 2.45) is 0 Å². The predicted molar refractivity (Wildman–Crippen MR) is 91.0 cm³/mol. The molecule has 0 spiro atoms. The third-order valence-corrected chi connectivity index (χ3v) is 4.13. The first-order valence-electron chi connectivity index (χ1n) is 7.66. The van der Waals surface area contributed by atoms with Crippen LogP contribution in [0, 0.1) is 0 Å². The number of aromatic nitrogens is 3. The highest BCUT2D eigenvalue weighted by Gasteiger charge is 2.36. The number of ether oxygens (including phenoxy) is 1. The lowest BCUT2D eigenvalue weighted by Gasteiger charge is -2.20. The Bertz CT molecular complexity index is 813. The lowest BCUT2D eigenvalue weighted by Crippen LogP contribution is -2.39. The Morgan fingerprint density at radius 3 is 2.88 bits per heavy atom. The minimum atomic E-state index is -3.60. The number of aliphatic hydroxyl groups excluding tert-OH is 1. The van der Waals surface area contributed by atoms with E-state index in [9.17, 15) is 23.5 Å². The Hall–Kier alpha value is -2.26. The van der Waals surface area contributed by atoms with Crippen molar-refractivity contribution in [3.8, 4) is 0 Å². The highest BCUT2D eigenvalue weighted by molar-refractivity contribution is 6.22. The van der Waals surface area contributed by atoms with Crippen LogP contribution in [-0.4, -0.2) is 49.9 Å². The van der Waals surface area contributed by atoms with Crippen molar-refractivity contribution in [2.45, 2.75) is 36.9 Å². The maximum Gasteiger partial charge on any atom is 0.346 e. The van der Waals surface area contributed by atoms with Crippen molar-refractivity contribution < 1.29 is 23.4 Å². The van der Waals surface area contributed by atoms with Crippen molar-refractivity contribution in [3.63, 3.8) is 0 Å². The number of rotatable bonds is 7. The van der Waals surface area contributed by atoms with Crippen LogP contribution >= 0.6 is 11.6 Å². The zero-order valence-corrected chi connectivity index (χ0v) is 14.7. The minimum absolute atomic E-state index is 0.0395. The van der Waals surface area contributed by atoms with E-state index < -0.39 is 36.8 Å². The number of hydrogen-bond acceptors (Lipinski definition) is 5. The van der Waals surface area contributed by atoms with Gasteiger partial charge in [0.1, 0.15) is 12.6 Å². The summed E-state index contributed by atoms with van der Waals surface area (Å²) >= 11 is 5.96. The fraction of sp³-hybridized carbons (Fsp3) is 0.438. The third kappa shape index (κ3) is 4.28. The molecule has 26 heavy (non-hydrogen) atoms. The van der Waals surface area contributed by atoms with Crippen LogP contribution in [0.25, 0.3) is 5.57 Å². The molecule has 0 radical (unpaired) electrons. The zero-order valence-electron chi connectivity index (χ0n) is 13.9. The van der Waals surface area contributed by atoms with Gasteiger partial charge in [0.05, 0.1) is 19.0 Å². The Morgan fingerprint density at radius 1 is 1.65 bits per heavy atom. The van der Waals surface area contributed by atoms with Gasteiger partial charge in [0.25, 0.3) is 5.92 Å². The second-order valence-electron chi connectivity index (χ2n) is 5.62. The number of methoxy groups -OCH3 is 1. The van der Waals surface area contributed by atoms with Gasteiger partial charge in [-0.05, 0) is 12.5 Å². The van der Waals surface area contributed by atoms with Crippen LogP contribution in [0.1, 0.15) is 12.2 Å². The number of esters is 1. The summed E-state index contributed by atoms with van der Waals surface area (Å²) in [6.07, 6.45) is 3.52. The average molecular weight is 390 g/mol. The maximum absolute atomic E-state index is 13.6. The molecule has 1 aromatic heterocycles. The van der Waals surface area contributed by atoms with Gasteiger partial charge in [0.15, 0.2) is 5.82 Å². The molecular weight excluding hydrogens is 372 g/mol. The van der Waals surface area contributed by atoms with E-state index in [0.29, 0.717) is 18.1 Å². The molecule has 0 saturated heterocycles. The number of carbonyl (C=O) groups excluding carboxylic acids is 1. The molecule has 0 fully saturated rings. The quantitative estimate of drug-likeness (QED) is 0.432. The Kier molecular flexibility index (Phi) is 6.14. The molecule has 1 aromatic rings. The van der Waals surface area contributed by atoms with Crippen molar-refractivity contribution in [1.29, 1.82) is 0 Å². The fourth-order valence-electron chi connectivity index (χ4n) is 2.30. The SMILES string of the molecule is C=CC(F)(F)[C@H](O)Cn1c(C2=CCC(Cl)C=C2)nn(CC(=O)OC)c1=O. The van der Waals surface area contributed by atoms with E-state index in [1.165, 1.54) is 0 Å². The molecule has 142 valence electrons. The molecule has 1 unspecified atom stereocenters. The van der Waals surface area contributed by atoms with Crippen LogP contribution in [0.15, 0.2) is 35.7 Å². The highest BCUT2D eigenvalue weighted by atomic mass is 35.5. The summed E-state index contributed by atoms with van der Waals surface area (Å²) in [5, 5.41) is 13.6. The van der Waals surface area contributed by atoms with Crippen LogP contribution in [0.4, 0.5) is 8.78 Å². The predicted octanol–water partition coefficient (Wildman–Crippen LogP) is 1.35. The van der Waals surface area contributed by atoms with Crippen molar-refractivity contribution in [3.05, 3.63) is 47.2 Å². The zero-order chi connectivity index (χ0) is 19.5. The lowest BCUT2D eigenvalue weighted by molar-refractivity contribution is -0.141. The number of allylic oxidation sites excluding steroid dienone is 4. The molecular formula is C16H18ClF2N3O4. The van der Waals surface area contributed by atoms with Gasteiger partial charge in [-0.2, -0.15) is 8.78 Å². The van der Waals surface area contributed by atoms with Crippen LogP contribution in [0.3, 0.4) is 0 Å². The standard InChI is InChI=1S/C16H18ClF2N3O4/c1-3-16(18,19)12(23)8-21-14(10-4-6-11(17)7-5-10)20-22(15(21)25)9-13(24)26-2/h3-6,11-12,23H,1,7-9H2,2H3/t11?,12-/m1/s1. The van der Waals surface area contributed by atoms with Crippen LogP contribution in [-0.2, 0) is 22.6 Å². The van der Waals surface area contributed by atoms with E-state index in [2.05, 4.69) is 16.4 Å². The first kappa shape index (κ1) is 20.1. The molecule has 2 rings (SSSR count). The van der Waals surface area contributed by atoms with Gasteiger partial charge in [0, 0.05) is 5.57 Å². The number of nitrogens with zero attached hydrogens (tertiary/aromatic N) is 3. The lowest BCUT2D eigenvalue weighted by atomic mass is 10.1. The molecule has 1 N–H and O–H groups in total.